The Hall–Kier alpha value is -3.04. The number of fused-ring (bicyclic) bond motifs is 1. The Bertz CT molecular complexity index is 1350. The molecule has 2 bridgehead atoms. The molecule has 2 fully saturated rings. The predicted octanol–water partition coefficient (Wildman–Crippen LogP) is 4.82. The highest BCUT2D eigenvalue weighted by Gasteiger charge is 2.52. The second-order valence-electron chi connectivity index (χ2n) is 12.6. The largest absolute Gasteiger partial charge is 0.497 e. The fourth-order valence-corrected chi connectivity index (χ4v) is 7.14. The Balaban J connectivity index is 1.27. The third-order valence-electron chi connectivity index (χ3n) is 9.99. The highest BCUT2D eigenvalue weighted by molar-refractivity contribution is 5.48. The van der Waals surface area contributed by atoms with Crippen molar-refractivity contribution >= 4 is 0 Å². The normalized spacial score (nSPS) is 29.8. The van der Waals surface area contributed by atoms with Gasteiger partial charge in [0.15, 0.2) is 6.29 Å². The van der Waals surface area contributed by atoms with Gasteiger partial charge in [-0.25, -0.2) is 0 Å². The van der Waals surface area contributed by atoms with E-state index in [0.717, 1.165) is 35.3 Å². The van der Waals surface area contributed by atoms with Gasteiger partial charge in [0.1, 0.15) is 35.8 Å². The van der Waals surface area contributed by atoms with E-state index in [4.69, 9.17) is 18.9 Å². The molecule has 7 rings (SSSR count). The second-order valence-corrected chi connectivity index (χ2v) is 12.6. The molecule has 7 atom stereocenters. The van der Waals surface area contributed by atoms with Gasteiger partial charge in [0.05, 0.1) is 20.3 Å². The zero-order valence-corrected chi connectivity index (χ0v) is 25.0. The van der Waals surface area contributed by atoms with Crippen molar-refractivity contribution < 1.29 is 34.3 Å². The number of rotatable bonds is 10. The maximum atomic E-state index is 11.0. The number of aliphatic hydroxyl groups is 3. The van der Waals surface area contributed by atoms with Crippen LogP contribution in [0.4, 0.5) is 0 Å². The lowest BCUT2D eigenvalue weighted by Crippen LogP contribution is -2.60. The summed E-state index contributed by atoms with van der Waals surface area (Å²) < 4.78 is 24.5. The average molecular weight is 587 g/mol. The number of ether oxygens (including phenoxy) is 4. The Kier molecular flexibility index (Phi) is 8.48. The summed E-state index contributed by atoms with van der Waals surface area (Å²) in [7, 11) is 1.63. The van der Waals surface area contributed by atoms with E-state index in [-0.39, 0.29) is 12.0 Å². The minimum absolute atomic E-state index is 0.0827. The monoisotopic (exact) mass is 586 g/mol. The molecule has 0 radical (unpaired) electrons. The van der Waals surface area contributed by atoms with Crippen molar-refractivity contribution in [2.45, 2.75) is 63.0 Å². The van der Waals surface area contributed by atoms with Crippen LogP contribution in [0.25, 0.3) is 0 Å². The molecule has 43 heavy (non-hydrogen) atoms. The molecule has 228 valence electrons. The molecule has 1 aliphatic heterocycles. The molecule has 3 N–H and O–H groups in total. The van der Waals surface area contributed by atoms with Gasteiger partial charge in [0.25, 0.3) is 0 Å². The van der Waals surface area contributed by atoms with Gasteiger partial charge in [-0.2, -0.15) is 0 Å². The third-order valence-corrected chi connectivity index (χ3v) is 9.99. The van der Waals surface area contributed by atoms with Gasteiger partial charge in [-0.05, 0) is 64.5 Å². The van der Waals surface area contributed by atoms with E-state index < -0.39 is 36.3 Å². The molecule has 0 unspecified atom stereocenters. The zero-order chi connectivity index (χ0) is 30.2. The highest BCUT2D eigenvalue weighted by Crippen LogP contribution is 2.59. The number of allylic oxidation sites excluding steroid dienone is 1. The van der Waals surface area contributed by atoms with Crippen LogP contribution in [0.15, 0.2) is 96.6 Å². The van der Waals surface area contributed by atoms with E-state index in [9.17, 15) is 15.3 Å². The molecule has 3 aliphatic carbocycles. The first kappa shape index (κ1) is 30.0. The highest BCUT2D eigenvalue weighted by atomic mass is 16.7. The number of aliphatic hydroxyl groups excluding tert-OH is 3. The molecule has 0 aromatic heterocycles. The van der Waals surface area contributed by atoms with Crippen LogP contribution in [0.2, 0.25) is 0 Å². The number of hydrogen-bond donors (Lipinski definition) is 3. The molecule has 1 saturated heterocycles. The lowest BCUT2D eigenvalue weighted by Gasteiger charge is -2.56. The van der Waals surface area contributed by atoms with Crippen molar-refractivity contribution in [1.82, 2.24) is 0 Å². The Morgan fingerprint density at radius 1 is 0.814 bits per heavy atom. The molecule has 7 heteroatoms. The molecule has 0 amide bonds. The molecule has 4 aliphatic rings. The fourth-order valence-electron chi connectivity index (χ4n) is 7.14. The number of methoxy groups -OCH3 is 1. The summed E-state index contributed by atoms with van der Waals surface area (Å²) in [5.41, 5.74) is 3.00. The summed E-state index contributed by atoms with van der Waals surface area (Å²) in [6.07, 6.45) is -1.88. The van der Waals surface area contributed by atoms with Crippen molar-refractivity contribution in [2.75, 3.05) is 20.3 Å². The van der Waals surface area contributed by atoms with E-state index >= 15 is 0 Å². The minimum atomic E-state index is -1.46. The van der Waals surface area contributed by atoms with Crippen LogP contribution in [-0.2, 0) is 19.8 Å². The van der Waals surface area contributed by atoms with E-state index in [0.29, 0.717) is 18.4 Å². The van der Waals surface area contributed by atoms with Gasteiger partial charge in [0.2, 0.25) is 0 Å². The fraction of sp³-hybridized carbons (Fsp3) is 0.444. The van der Waals surface area contributed by atoms with Gasteiger partial charge in [-0.15, -0.1) is 0 Å². The molecular formula is C36H42O7. The smallest absolute Gasteiger partial charge is 0.187 e. The maximum absolute atomic E-state index is 11.0. The lowest BCUT2D eigenvalue weighted by molar-refractivity contribution is -0.304. The first-order valence-electron chi connectivity index (χ1n) is 15.2. The van der Waals surface area contributed by atoms with Crippen LogP contribution in [0.3, 0.4) is 0 Å². The second kappa shape index (κ2) is 12.2. The predicted molar refractivity (Wildman–Crippen MR) is 162 cm³/mol. The summed E-state index contributed by atoms with van der Waals surface area (Å²) in [5.74, 6) is 1.87. The lowest BCUT2D eigenvalue weighted by atomic mass is 9.49. The molecule has 0 spiro atoms. The molecule has 1 heterocycles. The third kappa shape index (κ3) is 5.43. The summed E-state index contributed by atoms with van der Waals surface area (Å²) in [6.45, 7) is 4.82. The summed E-state index contributed by atoms with van der Waals surface area (Å²) >= 11 is 0. The van der Waals surface area contributed by atoms with Crippen molar-refractivity contribution in [1.29, 1.82) is 0 Å². The first-order chi connectivity index (χ1) is 20.8. The molecule has 3 aromatic carbocycles. The van der Waals surface area contributed by atoms with Crippen molar-refractivity contribution in [3.05, 3.63) is 113 Å². The Labute approximate surface area is 253 Å². The van der Waals surface area contributed by atoms with Crippen LogP contribution in [0, 0.1) is 17.3 Å². The SMILES string of the molecule is COc1ccc(C(OC[C@H]2O[C@@H](OCC3=CC[C@H]4C[C@@H]3C4(C)C)[C@H](O)[C@@H](O)[C@@H]2O)(c2ccccc2)c2ccccc2)cc1. The van der Waals surface area contributed by atoms with Gasteiger partial charge >= 0.3 is 0 Å². The van der Waals surface area contributed by atoms with Crippen molar-refractivity contribution in [3.63, 3.8) is 0 Å². The first-order valence-corrected chi connectivity index (χ1v) is 15.2. The van der Waals surface area contributed by atoms with Crippen LogP contribution in [-0.4, -0.2) is 66.3 Å². The van der Waals surface area contributed by atoms with Crippen LogP contribution in [0.1, 0.15) is 43.4 Å². The minimum Gasteiger partial charge on any atom is -0.497 e. The average Bonchev–Trinajstić information content (AvgIpc) is 3.05. The molecule has 1 saturated carbocycles. The van der Waals surface area contributed by atoms with E-state index in [1.54, 1.807) is 7.11 Å². The van der Waals surface area contributed by atoms with E-state index in [1.807, 2.05) is 84.9 Å². The summed E-state index contributed by atoms with van der Waals surface area (Å²) in [4.78, 5) is 0. The Morgan fingerprint density at radius 2 is 1.42 bits per heavy atom. The van der Waals surface area contributed by atoms with Crippen LogP contribution < -0.4 is 4.74 Å². The van der Waals surface area contributed by atoms with Gasteiger partial charge in [-0.1, -0.05) is 92.7 Å². The van der Waals surface area contributed by atoms with E-state index in [1.165, 1.54) is 5.57 Å². The molecule has 7 nitrogen and oxygen atoms in total. The topological polar surface area (TPSA) is 97.6 Å². The van der Waals surface area contributed by atoms with Crippen LogP contribution in [0.5, 0.6) is 5.75 Å². The number of benzene rings is 3. The van der Waals surface area contributed by atoms with Crippen molar-refractivity contribution in [3.8, 4) is 5.75 Å². The van der Waals surface area contributed by atoms with Crippen molar-refractivity contribution in [2.24, 2.45) is 17.3 Å². The summed E-state index contributed by atoms with van der Waals surface area (Å²) in [5, 5.41) is 32.7. The quantitative estimate of drug-likeness (QED) is 0.232. The number of hydrogen-bond acceptors (Lipinski definition) is 7. The Morgan fingerprint density at radius 3 is 1.98 bits per heavy atom. The summed E-state index contributed by atoms with van der Waals surface area (Å²) in [6, 6.07) is 27.5. The van der Waals surface area contributed by atoms with Gasteiger partial charge < -0.3 is 34.3 Å². The van der Waals surface area contributed by atoms with Gasteiger partial charge in [0, 0.05) is 0 Å². The van der Waals surface area contributed by atoms with Crippen LogP contribution >= 0.6 is 0 Å². The zero-order valence-electron chi connectivity index (χ0n) is 25.0. The molecule has 3 aromatic rings. The maximum Gasteiger partial charge on any atom is 0.187 e. The standard InChI is InChI=1S/C36H42O7/c1-35(2)27-15-14-23(29(35)20-27)21-41-34-33(39)32(38)31(37)30(43-34)22-42-36(24-10-6-4-7-11-24,25-12-8-5-9-13-25)26-16-18-28(40-3)19-17-26/h4-14,16-19,27,29-34,37-39H,15,20-22H2,1-3H3/t27-,29-,30+,31+,32-,33+,34+/m0/s1. The van der Waals surface area contributed by atoms with Gasteiger partial charge in [-0.3, -0.25) is 0 Å². The van der Waals surface area contributed by atoms with E-state index in [2.05, 4.69) is 19.9 Å². The molecular weight excluding hydrogens is 544 g/mol.